The third-order valence-corrected chi connectivity index (χ3v) is 4.37. The van der Waals surface area contributed by atoms with Gasteiger partial charge >= 0.3 is 0 Å². The number of hydrogen-bond acceptors (Lipinski definition) is 3. The van der Waals surface area contributed by atoms with Crippen molar-refractivity contribution in [1.82, 2.24) is 15.1 Å². The van der Waals surface area contributed by atoms with Gasteiger partial charge < -0.3 is 10.2 Å². The van der Waals surface area contributed by atoms with Crippen LogP contribution in [0.15, 0.2) is 0 Å². The van der Waals surface area contributed by atoms with Crippen LogP contribution in [0, 0.1) is 17.8 Å². The number of carbonyl (C=O) groups excluding carboxylic acids is 1. The second-order valence-electron chi connectivity index (χ2n) is 6.28. The van der Waals surface area contributed by atoms with Gasteiger partial charge in [0.2, 0.25) is 5.91 Å². The molecule has 19 heavy (non-hydrogen) atoms. The van der Waals surface area contributed by atoms with Crippen LogP contribution >= 0.6 is 0 Å². The zero-order valence-electron chi connectivity index (χ0n) is 12.1. The number of nitrogens with one attached hydrogen (secondary N) is 1. The van der Waals surface area contributed by atoms with Crippen LogP contribution in [0.1, 0.15) is 26.7 Å². The lowest BCUT2D eigenvalue weighted by molar-refractivity contribution is -0.139. The van der Waals surface area contributed by atoms with Gasteiger partial charge in [-0.15, -0.1) is 6.42 Å². The predicted molar refractivity (Wildman–Crippen MR) is 76.7 cm³/mol. The summed E-state index contributed by atoms with van der Waals surface area (Å²) in [7, 11) is 0. The van der Waals surface area contributed by atoms with Gasteiger partial charge in [0.15, 0.2) is 0 Å². The molecule has 2 saturated heterocycles. The molecule has 2 fully saturated rings. The molecule has 2 aliphatic heterocycles. The molecular weight excluding hydrogens is 238 g/mol. The first-order chi connectivity index (χ1) is 9.04. The van der Waals surface area contributed by atoms with E-state index < -0.39 is 0 Å². The molecule has 1 N–H and O–H groups in total. The molecule has 0 bridgehead atoms. The lowest BCUT2D eigenvalue weighted by atomic mass is 9.77. The van der Waals surface area contributed by atoms with Crippen LogP contribution in [-0.4, -0.2) is 61.0 Å². The summed E-state index contributed by atoms with van der Waals surface area (Å²) in [6.45, 7) is 9.41. The minimum atomic E-state index is -0.0274. The van der Waals surface area contributed by atoms with E-state index in [1.54, 1.807) is 0 Å². The largest absolute Gasteiger partial charge is 0.339 e. The van der Waals surface area contributed by atoms with Crippen molar-refractivity contribution >= 4 is 5.91 Å². The smallest absolute Gasteiger partial charge is 0.240 e. The summed E-state index contributed by atoms with van der Waals surface area (Å²) in [6.07, 6.45) is 7.60. The van der Waals surface area contributed by atoms with Gasteiger partial charge in [-0.25, -0.2) is 0 Å². The SMILES string of the molecule is C#CCN1CCN(C(=O)C2NCCCC2(C)C)CC1. The Morgan fingerprint density at radius 1 is 1.37 bits per heavy atom. The van der Waals surface area contributed by atoms with Gasteiger partial charge in [0.05, 0.1) is 12.6 Å². The number of piperazine rings is 1. The maximum atomic E-state index is 12.6. The minimum absolute atomic E-state index is 0.0274. The lowest BCUT2D eigenvalue weighted by Crippen LogP contribution is -2.59. The summed E-state index contributed by atoms with van der Waals surface area (Å²) in [5, 5.41) is 3.41. The van der Waals surface area contributed by atoms with Crippen molar-refractivity contribution in [2.75, 3.05) is 39.3 Å². The molecule has 0 aromatic carbocycles. The fourth-order valence-electron chi connectivity index (χ4n) is 3.07. The maximum Gasteiger partial charge on any atom is 0.240 e. The van der Waals surface area contributed by atoms with Crippen LogP contribution in [0.5, 0.6) is 0 Å². The molecule has 0 aromatic heterocycles. The summed E-state index contributed by atoms with van der Waals surface area (Å²) in [4.78, 5) is 16.9. The van der Waals surface area contributed by atoms with Gasteiger partial charge in [0, 0.05) is 26.2 Å². The highest BCUT2D eigenvalue weighted by Crippen LogP contribution is 2.31. The third kappa shape index (κ3) is 3.29. The molecule has 0 saturated carbocycles. The van der Waals surface area contributed by atoms with Crippen LogP contribution in [0.4, 0.5) is 0 Å². The van der Waals surface area contributed by atoms with Crippen molar-refractivity contribution in [3.8, 4) is 12.3 Å². The molecule has 1 amide bonds. The molecule has 2 heterocycles. The first kappa shape index (κ1) is 14.4. The maximum absolute atomic E-state index is 12.6. The minimum Gasteiger partial charge on any atom is -0.339 e. The van der Waals surface area contributed by atoms with E-state index in [0.717, 1.165) is 45.6 Å². The van der Waals surface area contributed by atoms with Crippen molar-refractivity contribution < 1.29 is 4.79 Å². The molecule has 4 heteroatoms. The molecule has 0 aliphatic carbocycles. The van der Waals surface area contributed by atoms with Gasteiger partial charge in [-0.1, -0.05) is 19.8 Å². The number of nitrogens with zero attached hydrogens (tertiary/aromatic N) is 2. The first-order valence-electron chi connectivity index (χ1n) is 7.22. The molecule has 1 unspecified atom stereocenters. The molecule has 2 aliphatic rings. The Labute approximate surface area is 116 Å². The van der Waals surface area contributed by atoms with Crippen molar-refractivity contribution in [2.24, 2.45) is 5.41 Å². The number of amides is 1. The number of terminal acetylenes is 1. The Kier molecular flexibility index (Phi) is 4.49. The van der Waals surface area contributed by atoms with E-state index in [1.165, 1.54) is 0 Å². The monoisotopic (exact) mass is 263 g/mol. The number of piperidine rings is 1. The number of rotatable bonds is 2. The zero-order chi connectivity index (χ0) is 13.9. The van der Waals surface area contributed by atoms with Gasteiger partial charge in [0.1, 0.15) is 0 Å². The van der Waals surface area contributed by atoms with E-state index in [4.69, 9.17) is 6.42 Å². The Bertz CT molecular complexity index is 364. The van der Waals surface area contributed by atoms with Crippen molar-refractivity contribution in [2.45, 2.75) is 32.7 Å². The average Bonchev–Trinajstić information content (AvgIpc) is 2.39. The van der Waals surface area contributed by atoms with E-state index >= 15 is 0 Å². The van der Waals surface area contributed by atoms with E-state index in [2.05, 4.69) is 30.0 Å². The normalized spacial score (nSPS) is 27.8. The van der Waals surface area contributed by atoms with Crippen LogP contribution in [-0.2, 0) is 4.79 Å². The summed E-state index contributed by atoms with van der Waals surface area (Å²) in [6, 6.07) is -0.0274. The first-order valence-corrected chi connectivity index (χ1v) is 7.22. The average molecular weight is 263 g/mol. The zero-order valence-corrected chi connectivity index (χ0v) is 12.1. The Morgan fingerprint density at radius 2 is 2.05 bits per heavy atom. The Hall–Kier alpha value is -1.05. The van der Waals surface area contributed by atoms with Crippen molar-refractivity contribution in [3.63, 3.8) is 0 Å². The molecule has 1 atom stereocenters. The summed E-state index contributed by atoms with van der Waals surface area (Å²) in [5.74, 6) is 2.94. The highest BCUT2D eigenvalue weighted by Gasteiger charge is 2.39. The van der Waals surface area contributed by atoms with Crippen LogP contribution < -0.4 is 5.32 Å². The molecule has 106 valence electrons. The summed E-state index contributed by atoms with van der Waals surface area (Å²) in [5.41, 5.74) is 0.0608. The van der Waals surface area contributed by atoms with Crippen molar-refractivity contribution in [1.29, 1.82) is 0 Å². The third-order valence-electron chi connectivity index (χ3n) is 4.37. The quantitative estimate of drug-likeness (QED) is 0.739. The fraction of sp³-hybridized carbons (Fsp3) is 0.800. The Balaban J connectivity index is 1.92. The topological polar surface area (TPSA) is 35.6 Å². The molecule has 0 aromatic rings. The van der Waals surface area contributed by atoms with Gasteiger partial charge in [-0.05, 0) is 24.8 Å². The van der Waals surface area contributed by atoms with E-state index in [9.17, 15) is 4.79 Å². The lowest BCUT2D eigenvalue weighted by Gasteiger charge is -2.42. The fourth-order valence-corrected chi connectivity index (χ4v) is 3.07. The van der Waals surface area contributed by atoms with E-state index in [1.807, 2.05) is 4.90 Å². The van der Waals surface area contributed by atoms with Gasteiger partial charge in [-0.2, -0.15) is 0 Å². The molecule has 0 spiro atoms. The molecular formula is C15H25N3O. The summed E-state index contributed by atoms with van der Waals surface area (Å²) >= 11 is 0. The summed E-state index contributed by atoms with van der Waals surface area (Å²) < 4.78 is 0. The second kappa shape index (κ2) is 5.94. The van der Waals surface area contributed by atoms with Gasteiger partial charge in [-0.3, -0.25) is 9.69 Å². The van der Waals surface area contributed by atoms with E-state index in [-0.39, 0.29) is 17.4 Å². The molecule has 4 nitrogen and oxygen atoms in total. The van der Waals surface area contributed by atoms with Crippen LogP contribution in [0.2, 0.25) is 0 Å². The highest BCUT2D eigenvalue weighted by atomic mass is 16.2. The predicted octanol–water partition coefficient (Wildman–Crippen LogP) is 0.542. The molecule has 0 radical (unpaired) electrons. The number of hydrogen-bond donors (Lipinski definition) is 1. The second-order valence-corrected chi connectivity index (χ2v) is 6.28. The van der Waals surface area contributed by atoms with Crippen LogP contribution in [0.3, 0.4) is 0 Å². The molecule has 2 rings (SSSR count). The van der Waals surface area contributed by atoms with Crippen molar-refractivity contribution in [3.05, 3.63) is 0 Å². The Morgan fingerprint density at radius 3 is 2.63 bits per heavy atom. The van der Waals surface area contributed by atoms with Gasteiger partial charge in [0.25, 0.3) is 0 Å². The van der Waals surface area contributed by atoms with Crippen LogP contribution in [0.25, 0.3) is 0 Å². The highest BCUT2D eigenvalue weighted by molar-refractivity contribution is 5.83. The standard InChI is InChI=1S/C15H25N3O/c1-4-8-17-9-11-18(12-10-17)14(19)13-15(2,3)6-5-7-16-13/h1,13,16H,5-12H2,2-3H3. The van der Waals surface area contributed by atoms with E-state index in [0.29, 0.717) is 6.54 Å². The number of carbonyl (C=O) groups is 1.